The molecule has 1 fully saturated rings. The Hall–Kier alpha value is -4.72. The lowest BCUT2D eigenvalue weighted by Gasteiger charge is -2.38. The molecule has 2 aromatic heterocycles. The first-order chi connectivity index (χ1) is 23.0. The van der Waals surface area contributed by atoms with Crippen LogP contribution in [0.25, 0.3) is 10.9 Å². The maximum atomic E-state index is 15.4. The number of benzene rings is 3. The van der Waals surface area contributed by atoms with Crippen LogP contribution in [-0.2, 0) is 21.1 Å². The van der Waals surface area contributed by atoms with E-state index < -0.39 is 49.8 Å². The van der Waals surface area contributed by atoms with Gasteiger partial charge >= 0.3 is 0 Å². The minimum atomic E-state index is -4.07. The van der Waals surface area contributed by atoms with E-state index in [1.807, 2.05) is 6.07 Å². The van der Waals surface area contributed by atoms with E-state index in [0.29, 0.717) is 35.6 Å². The highest BCUT2D eigenvalue weighted by Gasteiger charge is 2.45. The van der Waals surface area contributed by atoms with Gasteiger partial charge < -0.3 is 10.6 Å². The first-order valence-electron chi connectivity index (χ1n) is 15.2. The SMILES string of the molecule is O=C(C[C@@H](c1ccc(F)cc1)c1cc(F)cc(F)c1)Nc1cncc(F)c1CC[C@]1(S(=O)(=O)c2cnc3ccccc3c2)CNCCN1. The lowest BCUT2D eigenvalue weighted by atomic mass is 9.88. The molecule has 1 aliphatic heterocycles. The molecule has 0 spiro atoms. The van der Waals surface area contributed by atoms with Crippen molar-refractivity contribution < 1.29 is 30.8 Å². The Labute approximate surface area is 274 Å². The fourth-order valence-electron chi connectivity index (χ4n) is 6.09. The molecule has 3 heterocycles. The molecule has 1 aliphatic rings. The zero-order chi connectivity index (χ0) is 33.9. The van der Waals surface area contributed by atoms with Crippen LogP contribution < -0.4 is 16.0 Å². The average molecular weight is 678 g/mol. The number of fused-ring (bicyclic) bond motifs is 1. The number of hydrogen-bond donors (Lipinski definition) is 3. The number of anilines is 1. The van der Waals surface area contributed by atoms with E-state index in [9.17, 15) is 26.4 Å². The van der Waals surface area contributed by atoms with Gasteiger partial charge in [-0.05, 0) is 60.4 Å². The summed E-state index contributed by atoms with van der Waals surface area (Å²) in [6.07, 6.45) is 3.05. The molecule has 5 aromatic rings. The zero-order valence-electron chi connectivity index (χ0n) is 25.5. The molecule has 0 radical (unpaired) electrons. The predicted octanol–water partition coefficient (Wildman–Crippen LogP) is 5.64. The van der Waals surface area contributed by atoms with Gasteiger partial charge in [0.15, 0.2) is 9.84 Å². The fraction of sp³-hybridized carbons (Fsp3) is 0.229. The summed E-state index contributed by atoms with van der Waals surface area (Å²) in [4.78, 5) is 20.1. The van der Waals surface area contributed by atoms with Gasteiger partial charge in [-0.25, -0.2) is 26.0 Å². The summed E-state index contributed by atoms with van der Waals surface area (Å²) in [6.45, 7) is 0.914. The molecule has 1 amide bonds. The first-order valence-corrected chi connectivity index (χ1v) is 16.7. The number of para-hydroxylation sites is 1. The summed E-state index contributed by atoms with van der Waals surface area (Å²) >= 11 is 0. The molecule has 0 bridgehead atoms. The minimum Gasteiger partial charge on any atom is -0.324 e. The second-order valence-electron chi connectivity index (χ2n) is 11.7. The first kappa shape index (κ1) is 33.2. The van der Waals surface area contributed by atoms with Gasteiger partial charge in [0.25, 0.3) is 0 Å². The van der Waals surface area contributed by atoms with Gasteiger partial charge in [0.05, 0.1) is 28.5 Å². The van der Waals surface area contributed by atoms with Crippen molar-refractivity contribution in [2.24, 2.45) is 0 Å². The maximum absolute atomic E-state index is 15.4. The number of pyridine rings is 2. The lowest BCUT2D eigenvalue weighted by Crippen LogP contribution is -2.63. The highest BCUT2D eigenvalue weighted by molar-refractivity contribution is 7.92. The fourth-order valence-corrected chi connectivity index (χ4v) is 7.97. The number of amides is 1. The van der Waals surface area contributed by atoms with Gasteiger partial charge in [0.1, 0.15) is 28.1 Å². The van der Waals surface area contributed by atoms with Crippen LogP contribution in [0.3, 0.4) is 0 Å². The summed E-state index contributed by atoms with van der Waals surface area (Å²) < 4.78 is 85.8. The molecule has 0 aliphatic carbocycles. The van der Waals surface area contributed by atoms with E-state index in [1.165, 1.54) is 36.7 Å². The second kappa shape index (κ2) is 13.8. The quantitative estimate of drug-likeness (QED) is 0.164. The molecule has 0 saturated carbocycles. The van der Waals surface area contributed by atoms with Crippen molar-refractivity contribution >= 4 is 32.3 Å². The highest BCUT2D eigenvalue weighted by atomic mass is 32.2. The van der Waals surface area contributed by atoms with Crippen LogP contribution in [0.4, 0.5) is 23.2 Å². The molecule has 1 saturated heterocycles. The summed E-state index contributed by atoms with van der Waals surface area (Å²) in [5.41, 5.74) is 1.28. The number of nitrogens with one attached hydrogen (secondary N) is 3. The Balaban J connectivity index is 1.27. The van der Waals surface area contributed by atoms with E-state index >= 15 is 4.39 Å². The van der Waals surface area contributed by atoms with Crippen molar-refractivity contribution in [2.75, 3.05) is 25.0 Å². The Morgan fingerprint density at radius 2 is 1.62 bits per heavy atom. The van der Waals surface area contributed by atoms with E-state index in [1.54, 1.807) is 24.3 Å². The molecule has 6 rings (SSSR count). The van der Waals surface area contributed by atoms with Gasteiger partial charge in [0, 0.05) is 55.2 Å². The Morgan fingerprint density at radius 1 is 0.875 bits per heavy atom. The number of rotatable bonds is 10. The van der Waals surface area contributed by atoms with Crippen molar-refractivity contribution in [1.29, 1.82) is 0 Å². The third-order valence-electron chi connectivity index (χ3n) is 8.56. The molecule has 48 heavy (non-hydrogen) atoms. The van der Waals surface area contributed by atoms with Crippen LogP contribution in [0.2, 0.25) is 0 Å². The standard InChI is InChI=1S/C35H31F4N5O3S/c36-25-7-5-22(6-8-25)30(24-13-26(37)16-27(38)14-24)17-34(45)44-33-20-41-19-31(39)29(33)9-10-35(21-40-11-12-43-35)48(46,47)28-15-23-3-1-2-4-32(23)42-18-28/h1-8,13-16,18-20,30,40,43H,9-12,17,21H2,(H,44,45)/t30-,35-/m0/s1. The predicted molar refractivity (Wildman–Crippen MR) is 173 cm³/mol. The monoisotopic (exact) mass is 677 g/mol. The summed E-state index contributed by atoms with van der Waals surface area (Å²) in [5, 5.41) is 9.60. The number of nitrogens with zero attached hydrogens (tertiary/aromatic N) is 2. The number of piperazine rings is 1. The van der Waals surface area contributed by atoms with Crippen LogP contribution in [0.1, 0.15) is 35.4 Å². The van der Waals surface area contributed by atoms with Crippen LogP contribution in [0, 0.1) is 23.3 Å². The van der Waals surface area contributed by atoms with Gasteiger partial charge in [0.2, 0.25) is 5.91 Å². The van der Waals surface area contributed by atoms with Crippen LogP contribution in [-0.4, -0.2) is 48.8 Å². The molecule has 3 N–H and O–H groups in total. The Bertz CT molecular complexity index is 2050. The normalized spacial score (nSPS) is 17.2. The third-order valence-corrected chi connectivity index (χ3v) is 10.9. The van der Waals surface area contributed by atoms with E-state index in [2.05, 4.69) is 25.9 Å². The highest BCUT2D eigenvalue weighted by Crippen LogP contribution is 2.33. The molecule has 8 nitrogen and oxygen atoms in total. The van der Waals surface area contributed by atoms with Crippen LogP contribution >= 0.6 is 0 Å². The van der Waals surface area contributed by atoms with Gasteiger partial charge in [-0.2, -0.15) is 0 Å². The van der Waals surface area contributed by atoms with E-state index in [4.69, 9.17) is 0 Å². The third kappa shape index (κ3) is 6.93. The summed E-state index contributed by atoms with van der Waals surface area (Å²) in [5.74, 6) is -4.47. The number of halogens is 4. The van der Waals surface area contributed by atoms with Gasteiger partial charge in [-0.1, -0.05) is 30.3 Å². The maximum Gasteiger partial charge on any atom is 0.225 e. The van der Waals surface area contributed by atoms with Crippen molar-refractivity contribution in [1.82, 2.24) is 20.6 Å². The van der Waals surface area contributed by atoms with Crippen molar-refractivity contribution in [3.05, 3.63) is 131 Å². The van der Waals surface area contributed by atoms with Crippen molar-refractivity contribution in [2.45, 2.75) is 34.9 Å². The molecule has 0 unspecified atom stereocenters. The van der Waals surface area contributed by atoms with Crippen LogP contribution in [0.5, 0.6) is 0 Å². The number of carbonyl (C=O) groups excluding carboxylic acids is 1. The van der Waals surface area contributed by atoms with E-state index in [0.717, 1.165) is 18.3 Å². The Kier molecular flexibility index (Phi) is 9.54. The smallest absolute Gasteiger partial charge is 0.225 e. The molecule has 13 heteroatoms. The number of carbonyl (C=O) groups is 1. The van der Waals surface area contributed by atoms with Gasteiger partial charge in [-0.3, -0.25) is 20.1 Å². The van der Waals surface area contributed by atoms with Crippen molar-refractivity contribution in [3.8, 4) is 0 Å². The largest absolute Gasteiger partial charge is 0.324 e. The second-order valence-corrected chi connectivity index (χ2v) is 13.9. The van der Waals surface area contributed by atoms with E-state index in [-0.39, 0.29) is 47.5 Å². The average Bonchev–Trinajstić information content (AvgIpc) is 3.07. The lowest BCUT2D eigenvalue weighted by molar-refractivity contribution is -0.116. The topological polar surface area (TPSA) is 113 Å². The zero-order valence-corrected chi connectivity index (χ0v) is 26.3. The van der Waals surface area contributed by atoms with Gasteiger partial charge in [-0.15, -0.1) is 0 Å². The molecule has 248 valence electrons. The molecule has 3 aromatic carbocycles. The number of hydrogen-bond acceptors (Lipinski definition) is 7. The number of aromatic nitrogens is 2. The molecule has 2 atom stereocenters. The Morgan fingerprint density at radius 3 is 2.35 bits per heavy atom. The van der Waals surface area contributed by atoms with Crippen LogP contribution in [0.15, 0.2) is 96.3 Å². The van der Waals surface area contributed by atoms with Crippen molar-refractivity contribution in [3.63, 3.8) is 0 Å². The molecular weight excluding hydrogens is 646 g/mol. The summed E-state index contributed by atoms with van der Waals surface area (Å²) in [6, 6.07) is 16.8. The summed E-state index contributed by atoms with van der Waals surface area (Å²) in [7, 11) is -4.07. The minimum absolute atomic E-state index is 0.0155. The molecular formula is C35H31F4N5O3S. The number of sulfone groups is 1.